The van der Waals surface area contributed by atoms with Crippen molar-refractivity contribution in [1.29, 1.82) is 0 Å². The van der Waals surface area contributed by atoms with E-state index in [4.69, 9.17) is 4.42 Å². The molecule has 4 nitrogen and oxygen atoms in total. The minimum atomic E-state index is 0.525. The normalized spacial score (nSPS) is 11.4. The van der Waals surface area contributed by atoms with E-state index >= 15 is 0 Å². The molecule has 0 spiro atoms. The molecule has 104 valence electrons. The van der Waals surface area contributed by atoms with E-state index in [1.165, 1.54) is 5.56 Å². The Kier molecular flexibility index (Phi) is 5.10. The first-order valence-corrected chi connectivity index (χ1v) is 7.71. The van der Waals surface area contributed by atoms with Crippen LogP contribution in [-0.4, -0.2) is 22.8 Å². The third-order valence-electron chi connectivity index (χ3n) is 2.91. The topological polar surface area (TPSA) is 51.0 Å². The number of rotatable bonds is 7. The second kappa shape index (κ2) is 6.82. The Bertz CT molecular complexity index is 504. The lowest BCUT2D eigenvalue weighted by atomic mass is 10.2. The Morgan fingerprint density at radius 1 is 1.37 bits per heavy atom. The van der Waals surface area contributed by atoms with Gasteiger partial charge < -0.3 is 9.73 Å². The lowest BCUT2D eigenvalue weighted by Gasteiger charge is -2.05. The second-order valence-corrected chi connectivity index (χ2v) is 5.76. The highest BCUT2D eigenvalue weighted by molar-refractivity contribution is 7.13. The molecule has 0 aromatic carbocycles. The molecule has 0 aliphatic carbocycles. The van der Waals surface area contributed by atoms with E-state index in [0.717, 1.165) is 36.6 Å². The fourth-order valence-electron chi connectivity index (χ4n) is 1.88. The largest absolute Gasteiger partial charge is 0.420 e. The van der Waals surface area contributed by atoms with Crippen LogP contribution in [-0.2, 0) is 12.8 Å². The third-order valence-corrected chi connectivity index (χ3v) is 3.85. The molecule has 0 aliphatic heterocycles. The van der Waals surface area contributed by atoms with Gasteiger partial charge in [-0.25, -0.2) is 0 Å². The Morgan fingerprint density at radius 3 is 2.95 bits per heavy atom. The Morgan fingerprint density at radius 2 is 2.21 bits per heavy atom. The van der Waals surface area contributed by atoms with Crippen molar-refractivity contribution in [3.05, 3.63) is 22.9 Å². The van der Waals surface area contributed by atoms with Crippen molar-refractivity contribution < 1.29 is 4.42 Å². The third kappa shape index (κ3) is 3.88. The summed E-state index contributed by atoms with van der Waals surface area (Å²) in [7, 11) is 0. The molecule has 0 fully saturated rings. The van der Waals surface area contributed by atoms with Gasteiger partial charge in [-0.3, -0.25) is 0 Å². The molecule has 5 heteroatoms. The molecule has 0 amide bonds. The molecular weight excluding hydrogens is 258 g/mol. The van der Waals surface area contributed by atoms with Crippen LogP contribution in [0.3, 0.4) is 0 Å². The second-order valence-electron chi connectivity index (χ2n) is 4.84. The Labute approximate surface area is 118 Å². The van der Waals surface area contributed by atoms with Gasteiger partial charge in [-0.2, -0.15) is 0 Å². The summed E-state index contributed by atoms with van der Waals surface area (Å²) in [6, 6.07) is 2.65. The number of hydrogen-bond acceptors (Lipinski definition) is 5. The Hall–Kier alpha value is -1.20. The lowest BCUT2D eigenvalue weighted by molar-refractivity contribution is 0.484. The van der Waals surface area contributed by atoms with Gasteiger partial charge in [0.15, 0.2) is 0 Å². The van der Waals surface area contributed by atoms with Crippen LogP contribution < -0.4 is 5.32 Å². The predicted octanol–water partition coefficient (Wildman–Crippen LogP) is 3.29. The molecule has 0 radical (unpaired) electrons. The smallest absolute Gasteiger partial charge is 0.258 e. The van der Waals surface area contributed by atoms with Gasteiger partial charge in [0, 0.05) is 12.5 Å². The molecule has 0 bridgehead atoms. The zero-order valence-corrected chi connectivity index (χ0v) is 12.6. The van der Waals surface area contributed by atoms with Gasteiger partial charge in [0.2, 0.25) is 5.89 Å². The van der Waals surface area contributed by atoms with E-state index in [0.29, 0.717) is 11.9 Å². The van der Waals surface area contributed by atoms with Crippen LogP contribution in [0.2, 0.25) is 0 Å². The van der Waals surface area contributed by atoms with Gasteiger partial charge in [-0.05, 0) is 36.4 Å². The van der Waals surface area contributed by atoms with Crippen LogP contribution in [0.1, 0.15) is 38.6 Å². The monoisotopic (exact) mass is 279 g/mol. The fraction of sp³-hybridized carbons (Fsp3) is 0.571. The van der Waals surface area contributed by atoms with Crippen molar-refractivity contribution in [3.8, 4) is 10.8 Å². The summed E-state index contributed by atoms with van der Waals surface area (Å²) >= 11 is 1.66. The quantitative estimate of drug-likeness (QED) is 0.790. The van der Waals surface area contributed by atoms with Gasteiger partial charge in [0.25, 0.3) is 5.89 Å². The van der Waals surface area contributed by atoms with Gasteiger partial charge >= 0.3 is 0 Å². The number of aryl methyl sites for hydroxylation is 2. The molecule has 2 aromatic rings. The highest BCUT2D eigenvalue weighted by atomic mass is 32.1. The molecule has 0 unspecified atom stereocenters. The molecule has 2 heterocycles. The highest BCUT2D eigenvalue weighted by Crippen LogP contribution is 2.28. The molecule has 2 aromatic heterocycles. The molecular formula is C14H21N3OS. The molecule has 19 heavy (non-hydrogen) atoms. The molecule has 1 N–H and O–H groups in total. The molecule has 0 atom stereocenters. The molecule has 2 rings (SSSR count). The van der Waals surface area contributed by atoms with E-state index in [1.54, 1.807) is 11.3 Å². The van der Waals surface area contributed by atoms with Crippen molar-refractivity contribution >= 4 is 11.3 Å². The maximum Gasteiger partial charge on any atom is 0.258 e. The van der Waals surface area contributed by atoms with Crippen LogP contribution in [0.5, 0.6) is 0 Å². The molecule has 0 aliphatic rings. The standard InChI is InChI=1S/C14H21N3OS/c1-4-11-7-9-19-13(11)14-17-16-12(18-14)6-5-8-15-10(2)3/h7,9-10,15H,4-6,8H2,1-3H3. The van der Waals surface area contributed by atoms with Crippen molar-refractivity contribution in [2.24, 2.45) is 0 Å². The van der Waals surface area contributed by atoms with Crippen molar-refractivity contribution in [1.82, 2.24) is 15.5 Å². The van der Waals surface area contributed by atoms with Crippen LogP contribution in [0.4, 0.5) is 0 Å². The van der Waals surface area contributed by atoms with Crippen LogP contribution in [0.25, 0.3) is 10.8 Å². The van der Waals surface area contributed by atoms with Gasteiger partial charge in [-0.15, -0.1) is 21.5 Å². The number of thiophene rings is 1. The highest BCUT2D eigenvalue weighted by Gasteiger charge is 2.13. The van der Waals surface area contributed by atoms with Crippen LogP contribution in [0, 0.1) is 0 Å². The average Bonchev–Trinajstić information content (AvgIpc) is 3.02. The number of nitrogens with zero attached hydrogens (tertiary/aromatic N) is 2. The van der Waals surface area contributed by atoms with Crippen molar-refractivity contribution in [2.75, 3.05) is 6.54 Å². The summed E-state index contributed by atoms with van der Waals surface area (Å²) in [6.07, 6.45) is 2.85. The number of aromatic nitrogens is 2. The first-order chi connectivity index (χ1) is 9.20. The zero-order valence-electron chi connectivity index (χ0n) is 11.8. The predicted molar refractivity (Wildman–Crippen MR) is 78.4 cm³/mol. The SMILES string of the molecule is CCc1ccsc1-c1nnc(CCCNC(C)C)o1. The van der Waals surface area contributed by atoms with Gasteiger partial charge in [0.1, 0.15) is 0 Å². The fourth-order valence-corrected chi connectivity index (χ4v) is 2.79. The van der Waals surface area contributed by atoms with Crippen molar-refractivity contribution in [2.45, 2.75) is 46.1 Å². The summed E-state index contributed by atoms with van der Waals surface area (Å²) in [5, 5.41) is 13.7. The summed E-state index contributed by atoms with van der Waals surface area (Å²) in [6.45, 7) is 7.41. The lowest BCUT2D eigenvalue weighted by Crippen LogP contribution is -2.23. The van der Waals surface area contributed by atoms with E-state index in [1.807, 2.05) is 0 Å². The van der Waals surface area contributed by atoms with E-state index in [9.17, 15) is 0 Å². The maximum absolute atomic E-state index is 5.74. The summed E-state index contributed by atoms with van der Waals surface area (Å²) in [5.41, 5.74) is 1.28. The molecule has 0 saturated heterocycles. The minimum absolute atomic E-state index is 0.525. The first-order valence-electron chi connectivity index (χ1n) is 6.83. The summed E-state index contributed by atoms with van der Waals surface area (Å²) in [5.74, 6) is 1.40. The van der Waals surface area contributed by atoms with Crippen LogP contribution >= 0.6 is 11.3 Å². The first kappa shape index (κ1) is 14.2. The number of nitrogens with one attached hydrogen (secondary N) is 1. The average molecular weight is 279 g/mol. The van der Waals surface area contributed by atoms with Gasteiger partial charge in [-0.1, -0.05) is 20.8 Å². The Balaban J connectivity index is 1.92. The maximum atomic E-state index is 5.74. The van der Waals surface area contributed by atoms with Gasteiger partial charge in [0.05, 0.1) is 4.88 Å². The summed E-state index contributed by atoms with van der Waals surface area (Å²) in [4.78, 5) is 1.11. The van der Waals surface area contributed by atoms with E-state index < -0.39 is 0 Å². The minimum Gasteiger partial charge on any atom is -0.420 e. The summed E-state index contributed by atoms with van der Waals surface area (Å²) < 4.78 is 5.74. The number of hydrogen-bond donors (Lipinski definition) is 1. The van der Waals surface area contributed by atoms with Crippen molar-refractivity contribution in [3.63, 3.8) is 0 Å². The zero-order chi connectivity index (χ0) is 13.7. The van der Waals surface area contributed by atoms with Crippen LogP contribution in [0.15, 0.2) is 15.9 Å². The van der Waals surface area contributed by atoms with E-state index in [-0.39, 0.29) is 0 Å². The van der Waals surface area contributed by atoms with E-state index in [2.05, 4.69) is 47.7 Å². The molecule has 0 saturated carbocycles.